The lowest BCUT2D eigenvalue weighted by molar-refractivity contribution is 0.487. The van der Waals surface area contributed by atoms with E-state index < -0.39 is 35.4 Å². The number of fused-ring (bicyclic) bond motifs is 8. The average Bonchev–Trinajstić information content (AvgIpc) is 3.58. The molecule has 4 aromatic heterocycles. The van der Waals surface area contributed by atoms with Crippen LogP contribution < -0.4 is 16.7 Å². The largest absolute Gasteiger partial charge is 0.359 e. The molecule has 0 fully saturated rings. The topological polar surface area (TPSA) is 105 Å². The summed E-state index contributed by atoms with van der Waals surface area (Å²) in [6.45, 7) is 0.0514. The lowest BCUT2D eigenvalue weighted by atomic mass is 10.0. The smallest absolute Gasteiger partial charge is 0.346 e. The van der Waals surface area contributed by atoms with Gasteiger partial charge in [0.25, 0.3) is 0 Å². The molecule has 8 rings (SSSR count). The Morgan fingerprint density at radius 2 is 1.80 bits per heavy atom. The number of pyridine rings is 1. The first-order valence-corrected chi connectivity index (χ1v) is 14.8. The molecule has 2 aromatic carbocycles. The van der Waals surface area contributed by atoms with Crippen LogP contribution in [0.15, 0.2) is 58.6 Å². The van der Waals surface area contributed by atoms with Crippen molar-refractivity contribution in [2.45, 2.75) is 45.2 Å². The summed E-state index contributed by atoms with van der Waals surface area (Å²) in [4.78, 5) is 36.5. The number of aromatic nitrogens is 7. The van der Waals surface area contributed by atoms with Crippen LogP contribution >= 0.6 is 11.6 Å². The van der Waals surface area contributed by atoms with Gasteiger partial charge in [0.05, 0.1) is 40.2 Å². The quantitative estimate of drug-likeness (QED) is 0.248. The highest BCUT2D eigenvalue weighted by Crippen LogP contribution is 2.36. The third kappa shape index (κ3) is 5.06. The fourth-order valence-corrected chi connectivity index (χ4v) is 6.31. The molecule has 0 radical (unpaired) electrons. The van der Waals surface area contributed by atoms with Gasteiger partial charge in [0, 0.05) is 54.6 Å². The molecule has 0 spiro atoms. The molecule has 6 heterocycles. The minimum Gasteiger partial charge on any atom is -0.346 e. The van der Waals surface area contributed by atoms with Gasteiger partial charge in [0.2, 0.25) is 5.95 Å². The Balaban J connectivity index is 1.51. The summed E-state index contributed by atoms with van der Waals surface area (Å²) in [5.74, 6) is -3.98. The maximum absolute atomic E-state index is 15.0. The lowest BCUT2D eigenvalue weighted by Gasteiger charge is -2.20. The Bertz CT molecular complexity index is 2250. The first-order chi connectivity index (χ1) is 21.7. The highest BCUT2D eigenvalue weighted by molar-refractivity contribution is 6.34. The molecule has 2 bridgehead atoms. The molecular weight excluding hydrogens is 609 g/mol. The molecule has 10 nitrogen and oxygen atoms in total. The summed E-state index contributed by atoms with van der Waals surface area (Å²) in [6, 6.07) is 4.60. The second kappa shape index (κ2) is 11.2. The van der Waals surface area contributed by atoms with Crippen LogP contribution in [0.1, 0.15) is 36.8 Å². The van der Waals surface area contributed by atoms with E-state index in [1.54, 1.807) is 24.0 Å². The van der Waals surface area contributed by atoms with Gasteiger partial charge in [-0.05, 0) is 43.0 Å². The van der Waals surface area contributed by atoms with Crippen molar-refractivity contribution in [3.05, 3.63) is 104 Å². The molecule has 230 valence electrons. The number of hydrogen-bond acceptors (Lipinski definition) is 6. The third-order valence-electron chi connectivity index (χ3n) is 8.18. The number of nitrogens with one attached hydrogen (secondary N) is 1. The van der Waals surface area contributed by atoms with Crippen molar-refractivity contribution in [1.82, 2.24) is 33.4 Å². The summed E-state index contributed by atoms with van der Waals surface area (Å²) < 4.78 is 48.5. The van der Waals surface area contributed by atoms with Crippen LogP contribution in [0, 0.1) is 17.5 Å². The number of rotatable bonds is 2. The Hall–Kier alpha value is -4.91. The maximum atomic E-state index is 15.0. The zero-order chi connectivity index (χ0) is 31.4. The molecule has 14 heteroatoms. The van der Waals surface area contributed by atoms with Crippen LogP contribution in [0.3, 0.4) is 0 Å². The molecular formula is C31H26ClF3N8O2. The van der Waals surface area contributed by atoms with Gasteiger partial charge in [0.15, 0.2) is 11.6 Å². The van der Waals surface area contributed by atoms with Crippen LogP contribution in [0.4, 0.5) is 24.8 Å². The van der Waals surface area contributed by atoms with E-state index in [0.29, 0.717) is 47.2 Å². The van der Waals surface area contributed by atoms with E-state index in [0.717, 1.165) is 45.8 Å². The highest BCUT2D eigenvalue weighted by Gasteiger charge is 2.23. The Labute approximate surface area is 258 Å². The van der Waals surface area contributed by atoms with E-state index in [2.05, 4.69) is 20.4 Å². The molecule has 1 N–H and O–H groups in total. The molecule has 0 amide bonds. The summed E-state index contributed by atoms with van der Waals surface area (Å²) >= 11 is 6.78. The molecule has 0 saturated heterocycles. The van der Waals surface area contributed by atoms with Crippen molar-refractivity contribution in [1.29, 1.82) is 0 Å². The van der Waals surface area contributed by atoms with Crippen molar-refractivity contribution in [3.8, 4) is 5.69 Å². The second-order valence-electron chi connectivity index (χ2n) is 11.1. The summed E-state index contributed by atoms with van der Waals surface area (Å²) in [7, 11) is 1.80. The van der Waals surface area contributed by atoms with Crippen LogP contribution in [-0.2, 0) is 26.6 Å². The molecule has 2 aliphatic heterocycles. The number of anilines is 2. The van der Waals surface area contributed by atoms with Gasteiger partial charge >= 0.3 is 11.4 Å². The SMILES string of the molecule is Cn1cc2c3c(c(Cl)cc2n1)Nc1nc(=O)n(c(=O)n1Cc1cc(F)c(F)cc1F)-c1cncc2ccn(c12)CCCCCC3. The van der Waals surface area contributed by atoms with Crippen LogP contribution in [0.25, 0.3) is 27.5 Å². The third-order valence-corrected chi connectivity index (χ3v) is 8.47. The van der Waals surface area contributed by atoms with Crippen molar-refractivity contribution in [2.75, 3.05) is 5.32 Å². The van der Waals surface area contributed by atoms with Crippen molar-refractivity contribution in [3.63, 3.8) is 0 Å². The Morgan fingerprint density at radius 3 is 2.64 bits per heavy atom. The Morgan fingerprint density at radius 1 is 1.00 bits per heavy atom. The van der Waals surface area contributed by atoms with E-state index in [4.69, 9.17) is 11.6 Å². The van der Waals surface area contributed by atoms with E-state index in [9.17, 15) is 22.8 Å². The molecule has 2 aliphatic rings. The number of nitrogens with zero attached hydrogens (tertiary/aromatic N) is 7. The molecule has 0 saturated carbocycles. The summed E-state index contributed by atoms with van der Waals surface area (Å²) in [5, 5.41) is 9.38. The average molecular weight is 635 g/mol. The van der Waals surface area contributed by atoms with Gasteiger partial charge in [0.1, 0.15) is 5.82 Å². The predicted molar refractivity (Wildman–Crippen MR) is 164 cm³/mol. The predicted octanol–water partition coefficient (Wildman–Crippen LogP) is 5.61. The molecule has 6 aromatic rings. The van der Waals surface area contributed by atoms with Gasteiger partial charge in [-0.3, -0.25) is 14.2 Å². The zero-order valence-corrected chi connectivity index (χ0v) is 24.8. The minimum atomic E-state index is -1.37. The minimum absolute atomic E-state index is 0.189. The van der Waals surface area contributed by atoms with Crippen molar-refractivity contribution >= 4 is 45.0 Å². The van der Waals surface area contributed by atoms with Gasteiger partial charge in [-0.2, -0.15) is 10.1 Å². The monoisotopic (exact) mass is 634 g/mol. The summed E-state index contributed by atoms with van der Waals surface area (Å²) in [6.07, 6.45) is 10.9. The van der Waals surface area contributed by atoms with Gasteiger partial charge in [-0.1, -0.05) is 24.4 Å². The van der Waals surface area contributed by atoms with Crippen LogP contribution in [-0.4, -0.2) is 33.4 Å². The maximum Gasteiger partial charge on any atom is 0.359 e. The lowest BCUT2D eigenvalue weighted by Crippen LogP contribution is -2.42. The molecule has 45 heavy (non-hydrogen) atoms. The highest BCUT2D eigenvalue weighted by atomic mass is 35.5. The van der Waals surface area contributed by atoms with Crippen molar-refractivity contribution in [2.24, 2.45) is 7.05 Å². The molecule has 0 unspecified atom stereocenters. The number of halogens is 4. The first-order valence-electron chi connectivity index (χ1n) is 14.4. The number of aryl methyl sites for hydroxylation is 3. The fraction of sp³-hybridized carbons (Fsp3) is 0.258. The van der Waals surface area contributed by atoms with Crippen LogP contribution in [0.5, 0.6) is 0 Å². The van der Waals surface area contributed by atoms with Crippen molar-refractivity contribution < 1.29 is 13.2 Å². The first kappa shape index (κ1) is 28.8. The van der Waals surface area contributed by atoms with Gasteiger partial charge in [-0.25, -0.2) is 27.3 Å². The standard InChI is InChI=1S/C31H26ClF3N8O2/c1-40-16-20-19-6-4-2-3-5-8-41-9-7-17-13-36-14-26(28(17)41)43-30(44)38-29(37-27(19)21(32)11-25(20)39-40)42(31(43)45)15-18-10-23(34)24(35)12-22(18)33/h7,9-14,16H,2-6,8,15H2,1H3,(H,37,38,44). The van der Waals surface area contributed by atoms with E-state index in [1.165, 1.54) is 6.20 Å². The van der Waals surface area contributed by atoms with E-state index in [-0.39, 0.29) is 22.2 Å². The van der Waals surface area contributed by atoms with Crippen LogP contribution in [0.2, 0.25) is 5.02 Å². The Kier molecular flexibility index (Phi) is 7.19. The van der Waals surface area contributed by atoms with E-state index in [1.807, 2.05) is 23.0 Å². The normalized spacial score (nSPS) is 13.8. The molecule has 0 aliphatic carbocycles. The fourth-order valence-electron chi connectivity index (χ4n) is 6.04. The molecule has 0 atom stereocenters. The van der Waals surface area contributed by atoms with Gasteiger partial charge < -0.3 is 9.88 Å². The van der Waals surface area contributed by atoms with Gasteiger partial charge in [-0.15, -0.1) is 0 Å². The zero-order valence-electron chi connectivity index (χ0n) is 24.0. The number of benzene rings is 2. The number of hydrogen-bond donors (Lipinski definition) is 1. The summed E-state index contributed by atoms with van der Waals surface area (Å²) in [5.41, 5.74) is 0.547. The van der Waals surface area contributed by atoms with E-state index >= 15 is 0 Å². The second-order valence-corrected chi connectivity index (χ2v) is 11.5.